The minimum atomic E-state index is -0.948. The summed E-state index contributed by atoms with van der Waals surface area (Å²) in [5, 5.41) is 19.9. The van der Waals surface area contributed by atoms with Crippen molar-refractivity contribution in [1.82, 2.24) is 4.98 Å². The number of aliphatic hydroxyl groups is 1. The number of para-hydroxylation sites is 1. The molecule has 1 saturated carbocycles. The summed E-state index contributed by atoms with van der Waals surface area (Å²) in [6.07, 6.45) is 7.43. The number of carbonyl (C=O) groups is 1. The Labute approximate surface area is 174 Å². The molecule has 1 aromatic heterocycles. The molecule has 1 aliphatic carbocycles. The van der Waals surface area contributed by atoms with Gasteiger partial charge in [-0.15, -0.1) is 0 Å². The maximum absolute atomic E-state index is 13.6. The number of carboxylic acid groups (broad SMARTS) is 1. The fourth-order valence-corrected chi connectivity index (χ4v) is 3.58. The van der Waals surface area contributed by atoms with Crippen molar-refractivity contribution in [3.8, 4) is 11.1 Å². The number of pyridine rings is 1. The Morgan fingerprint density at radius 3 is 2.57 bits per heavy atom. The Balaban J connectivity index is 1.84. The molecule has 5 heteroatoms. The molecule has 1 aliphatic rings. The zero-order valence-corrected chi connectivity index (χ0v) is 16.3. The van der Waals surface area contributed by atoms with Crippen molar-refractivity contribution in [2.45, 2.75) is 31.3 Å². The van der Waals surface area contributed by atoms with Crippen molar-refractivity contribution in [2.75, 3.05) is 0 Å². The topological polar surface area (TPSA) is 70.4 Å². The van der Waals surface area contributed by atoms with Crippen LogP contribution in [-0.4, -0.2) is 27.3 Å². The van der Waals surface area contributed by atoms with E-state index in [1.54, 1.807) is 18.2 Å². The quantitative estimate of drug-likeness (QED) is 0.524. The average molecular weight is 403 g/mol. The predicted molar refractivity (Wildman–Crippen MR) is 116 cm³/mol. The minimum absolute atomic E-state index is 0.142. The molecule has 0 unspecified atom stereocenters. The highest BCUT2D eigenvalue weighted by Gasteiger charge is 2.29. The Hall–Kier alpha value is -3.31. The molecule has 0 saturated heterocycles. The van der Waals surface area contributed by atoms with E-state index in [1.165, 1.54) is 24.3 Å². The number of hydrogen-bond acceptors (Lipinski definition) is 3. The second-order valence-corrected chi connectivity index (χ2v) is 7.46. The Morgan fingerprint density at radius 1 is 1.13 bits per heavy atom. The largest absolute Gasteiger partial charge is 0.481 e. The van der Waals surface area contributed by atoms with Gasteiger partial charge in [-0.2, -0.15) is 0 Å². The maximum Gasteiger partial charge on any atom is 0.307 e. The predicted octanol–water partition coefficient (Wildman–Crippen LogP) is 5.32. The summed E-state index contributed by atoms with van der Waals surface area (Å²) in [5.41, 5.74) is 4.62. The molecule has 4 nitrogen and oxygen atoms in total. The fraction of sp³-hybridized carbons (Fsp3) is 0.200. The van der Waals surface area contributed by atoms with Crippen molar-refractivity contribution in [3.63, 3.8) is 0 Å². The van der Waals surface area contributed by atoms with Crippen molar-refractivity contribution in [3.05, 3.63) is 83.8 Å². The lowest BCUT2D eigenvalue weighted by molar-refractivity contribution is -0.136. The molecule has 3 aromatic rings. The van der Waals surface area contributed by atoms with Crippen LogP contribution in [-0.2, 0) is 4.79 Å². The summed E-state index contributed by atoms with van der Waals surface area (Å²) >= 11 is 0. The number of aliphatic carboxylic acids is 1. The van der Waals surface area contributed by atoms with Crippen molar-refractivity contribution < 1.29 is 19.4 Å². The number of rotatable bonds is 7. The fourth-order valence-electron chi connectivity index (χ4n) is 3.58. The van der Waals surface area contributed by atoms with Crippen LogP contribution in [0.3, 0.4) is 0 Å². The van der Waals surface area contributed by atoms with E-state index in [2.05, 4.69) is 0 Å². The van der Waals surface area contributed by atoms with Crippen LogP contribution < -0.4 is 0 Å². The third-order valence-corrected chi connectivity index (χ3v) is 5.14. The molecule has 2 N–H and O–H groups in total. The van der Waals surface area contributed by atoms with E-state index < -0.39 is 12.1 Å². The first-order chi connectivity index (χ1) is 14.5. The van der Waals surface area contributed by atoms with Crippen molar-refractivity contribution in [1.29, 1.82) is 0 Å². The smallest absolute Gasteiger partial charge is 0.307 e. The number of halogens is 1. The number of hydrogen-bond donors (Lipinski definition) is 2. The first-order valence-electron chi connectivity index (χ1n) is 9.96. The molecule has 2 aromatic carbocycles. The molecule has 0 aliphatic heterocycles. The number of fused-ring (bicyclic) bond motifs is 1. The molecular weight excluding hydrogens is 381 g/mol. The third kappa shape index (κ3) is 4.47. The van der Waals surface area contributed by atoms with Crippen LogP contribution in [0.2, 0.25) is 0 Å². The van der Waals surface area contributed by atoms with Gasteiger partial charge in [-0.25, -0.2) is 4.39 Å². The summed E-state index contributed by atoms with van der Waals surface area (Å²) < 4.78 is 13.6. The molecule has 4 rings (SSSR count). The van der Waals surface area contributed by atoms with Gasteiger partial charge in [0.1, 0.15) is 5.82 Å². The van der Waals surface area contributed by atoms with Crippen LogP contribution in [0.1, 0.15) is 36.4 Å². The molecule has 0 radical (unpaired) electrons. The number of carboxylic acids is 1. The Kier molecular flexibility index (Phi) is 5.72. The van der Waals surface area contributed by atoms with Crippen molar-refractivity contribution >= 4 is 22.9 Å². The van der Waals surface area contributed by atoms with Crippen molar-refractivity contribution in [2.24, 2.45) is 0 Å². The zero-order valence-electron chi connectivity index (χ0n) is 16.3. The van der Waals surface area contributed by atoms with Crippen LogP contribution in [0.5, 0.6) is 0 Å². The van der Waals surface area contributed by atoms with Gasteiger partial charge in [0.15, 0.2) is 0 Å². The maximum atomic E-state index is 13.6. The molecule has 0 bridgehead atoms. The number of benzene rings is 2. The summed E-state index contributed by atoms with van der Waals surface area (Å²) in [7, 11) is 0. The van der Waals surface area contributed by atoms with E-state index >= 15 is 0 Å². The lowest BCUT2D eigenvalue weighted by Gasteiger charge is -2.16. The summed E-state index contributed by atoms with van der Waals surface area (Å²) in [5.74, 6) is -0.875. The van der Waals surface area contributed by atoms with Gasteiger partial charge in [-0.1, -0.05) is 54.6 Å². The van der Waals surface area contributed by atoms with Gasteiger partial charge in [-0.05, 0) is 36.6 Å². The highest BCUT2D eigenvalue weighted by atomic mass is 19.1. The standard InChI is InChI=1S/C25H22FNO3/c26-18-12-10-16(11-13-18)24-20-5-1-2-6-22(20)27-25(17-8-9-17)21(24)15-14-19(28)4-3-7-23(29)30/h1-6,10-15,17,19,28H,7-9H2,(H,29,30)/b4-3+,15-14+/t19-/m0/s1. The van der Waals surface area contributed by atoms with E-state index in [0.29, 0.717) is 5.92 Å². The molecular formula is C25H22FNO3. The lowest BCUT2D eigenvalue weighted by atomic mass is 9.92. The zero-order chi connectivity index (χ0) is 21.1. The normalized spacial score (nSPS) is 15.3. The molecule has 0 spiro atoms. The van der Waals surface area contributed by atoms with E-state index in [-0.39, 0.29) is 12.2 Å². The van der Waals surface area contributed by atoms with Crippen LogP contribution in [0.4, 0.5) is 4.39 Å². The van der Waals surface area contributed by atoms with Crippen LogP contribution >= 0.6 is 0 Å². The Bertz CT molecular complexity index is 1130. The van der Waals surface area contributed by atoms with E-state index in [4.69, 9.17) is 10.1 Å². The lowest BCUT2D eigenvalue weighted by Crippen LogP contribution is -2.01. The van der Waals surface area contributed by atoms with Crippen LogP contribution in [0.15, 0.2) is 66.8 Å². The van der Waals surface area contributed by atoms with E-state index in [9.17, 15) is 14.3 Å². The summed E-state index contributed by atoms with van der Waals surface area (Å²) in [6.45, 7) is 0. The van der Waals surface area contributed by atoms with Gasteiger partial charge in [0.05, 0.1) is 23.7 Å². The Morgan fingerprint density at radius 2 is 1.87 bits per heavy atom. The van der Waals surface area contributed by atoms with E-state index in [1.807, 2.05) is 30.3 Å². The van der Waals surface area contributed by atoms with Crippen LogP contribution in [0, 0.1) is 5.82 Å². The first kappa shape index (κ1) is 20.0. The molecule has 1 heterocycles. The number of aromatic nitrogens is 1. The van der Waals surface area contributed by atoms with Gasteiger partial charge in [-0.3, -0.25) is 9.78 Å². The highest BCUT2D eigenvalue weighted by Crippen LogP contribution is 2.45. The van der Waals surface area contributed by atoms with Gasteiger partial charge in [0.2, 0.25) is 0 Å². The SMILES string of the molecule is O=C(O)C/C=C/[C@H](O)/C=C/c1c(C2CC2)nc2ccccc2c1-c1ccc(F)cc1. The third-order valence-electron chi connectivity index (χ3n) is 5.14. The van der Waals surface area contributed by atoms with E-state index in [0.717, 1.165) is 46.1 Å². The second-order valence-electron chi connectivity index (χ2n) is 7.46. The summed E-state index contributed by atoms with van der Waals surface area (Å²) in [4.78, 5) is 15.6. The van der Waals surface area contributed by atoms with Gasteiger partial charge < -0.3 is 10.2 Å². The highest BCUT2D eigenvalue weighted by molar-refractivity contribution is 5.99. The number of aliphatic hydroxyl groups excluding tert-OH is 1. The first-order valence-corrected chi connectivity index (χ1v) is 9.96. The molecule has 1 atom stereocenters. The van der Waals surface area contributed by atoms with Crippen LogP contribution in [0.25, 0.3) is 28.1 Å². The minimum Gasteiger partial charge on any atom is -0.481 e. The van der Waals surface area contributed by atoms with Gasteiger partial charge in [0, 0.05) is 22.4 Å². The average Bonchev–Trinajstić information content (AvgIpc) is 3.57. The molecule has 30 heavy (non-hydrogen) atoms. The second kappa shape index (κ2) is 8.59. The summed E-state index contributed by atoms with van der Waals surface area (Å²) in [6, 6.07) is 14.3. The monoisotopic (exact) mass is 403 g/mol. The molecule has 152 valence electrons. The molecule has 0 amide bonds. The molecule has 1 fully saturated rings. The van der Waals surface area contributed by atoms with Gasteiger partial charge >= 0.3 is 5.97 Å². The number of nitrogens with zero attached hydrogens (tertiary/aromatic N) is 1. The van der Waals surface area contributed by atoms with Gasteiger partial charge in [0.25, 0.3) is 0 Å².